The van der Waals surface area contributed by atoms with E-state index in [-0.39, 0.29) is 12.4 Å². The van der Waals surface area contributed by atoms with Crippen LogP contribution in [0.3, 0.4) is 0 Å². The van der Waals surface area contributed by atoms with Gasteiger partial charge in [0.1, 0.15) is 0 Å². The summed E-state index contributed by atoms with van der Waals surface area (Å²) in [5.74, 6) is 1.75. The van der Waals surface area contributed by atoms with Crippen molar-refractivity contribution in [3.05, 3.63) is 0 Å². The number of rotatable bonds is 8. The Morgan fingerprint density at radius 2 is 1.31 bits per heavy atom. The van der Waals surface area contributed by atoms with E-state index in [1.807, 2.05) is 12.4 Å². The highest BCUT2D eigenvalue weighted by Crippen LogP contribution is 2.29. The van der Waals surface area contributed by atoms with Crippen molar-refractivity contribution in [3.63, 3.8) is 0 Å². The van der Waals surface area contributed by atoms with Gasteiger partial charge in [0.05, 0.1) is 13.2 Å². The molecule has 2 aliphatic rings. The van der Waals surface area contributed by atoms with E-state index in [0.29, 0.717) is 13.2 Å². The van der Waals surface area contributed by atoms with Crippen molar-refractivity contribution >= 4 is 24.8 Å². The molecule has 16 heavy (non-hydrogen) atoms. The van der Waals surface area contributed by atoms with Crippen LogP contribution in [0.25, 0.3) is 0 Å². The summed E-state index contributed by atoms with van der Waals surface area (Å²) in [6, 6.07) is 0. The second-order valence-corrected chi connectivity index (χ2v) is 4.52. The lowest BCUT2D eigenvalue weighted by molar-refractivity contribution is 0.220. The van der Waals surface area contributed by atoms with Gasteiger partial charge in [-0.15, -0.1) is 12.4 Å². The van der Waals surface area contributed by atoms with E-state index in [1.165, 1.54) is 25.7 Å². The first kappa shape index (κ1) is 13.7. The molecule has 0 unspecified atom stereocenters. The fourth-order valence-corrected chi connectivity index (χ4v) is 1.33. The second kappa shape index (κ2) is 7.80. The van der Waals surface area contributed by atoms with Crippen molar-refractivity contribution < 1.29 is 4.74 Å². The summed E-state index contributed by atoms with van der Waals surface area (Å²) >= 11 is 0. The van der Waals surface area contributed by atoms with Gasteiger partial charge in [-0.2, -0.15) is 0 Å². The highest BCUT2D eigenvalue weighted by Gasteiger charge is 2.20. The quantitative estimate of drug-likeness (QED) is 0.477. The average Bonchev–Trinajstić information content (AvgIpc) is 3.10. The van der Waals surface area contributed by atoms with Gasteiger partial charge in [0.2, 0.25) is 0 Å². The summed E-state index contributed by atoms with van der Waals surface area (Å²) in [7, 11) is 0. The summed E-state index contributed by atoms with van der Waals surface area (Å²) < 4.78 is 5.34. The molecule has 0 spiro atoms. The van der Waals surface area contributed by atoms with Crippen LogP contribution in [0, 0.1) is 11.8 Å². The number of halogens is 1. The normalized spacial score (nSPS) is 20.5. The Balaban J connectivity index is 0.00000128. The number of hydrogen-bond acceptors (Lipinski definition) is 3. The molecule has 2 aliphatic carbocycles. The molecule has 2 rings (SSSR count). The Hall–Kier alpha value is -0.410. The Labute approximate surface area is 104 Å². The number of nitrogens with zero attached hydrogens (tertiary/aromatic N) is 2. The van der Waals surface area contributed by atoms with E-state index in [2.05, 4.69) is 9.98 Å². The molecule has 0 aliphatic heterocycles. The number of hydrogen-bond donors (Lipinski definition) is 0. The van der Waals surface area contributed by atoms with Crippen molar-refractivity contribution in [2.75, 3.05) is 26.3 Å². The molecule has 0 radical (unpaired) electrons. The molecule has 0 amide bonds. The van der Waals surface area contributed by atoms with Crippen LogP contribution in [0.15, 0.2) is 9.98 Å². The average molecular weight is 245 g/mol. The van der Waals surface area contributed by atoms with Crippen LogP contribution in [0.1, 0.15) is 25.7 Å². The molecule has 3 nitrogen and oxygen atoms in total. The van der Waals surface area contributed by atoms with Crippen molar-refractivity contribution in [2.45, 2.75) is 25.7 Å². The van der Waals surface area contributed by atoms with Crippen molar-refractivity contribution in [1.82, 2.24) is 0 Å². The monoisotopic (exact) mass is 244 g/mol. The molecular weight excluding hydrogens is 224 g/mol. The van der Waals surface area contributed by atoms with Crippen molar-refractivity contribution in [2.24, 2.45) is 21.8 Å². The van der Waals surface area contributed by atoms with Gasteiger partial charge >= 0.3 is 0 Å². The van der Waals surface area contributed by atoms with Gasteiger partial charge < -0.3 is 4.74 Å². The van der Waals surface area contributed by atoms with Crippen LogP contribution in [-0.4, -0.2) is 38.7 Å². The molecule has 0 aromatic carbocycles. The summed E-state index contributed by atoms with van der Waals surface area (Å²) in [4.78, 5) is 8.59. The molecule has 92 valence electrons. The zero-order chi connectivity index (χ0) is 10.3. The smallest absolute Gasteiger partial charge is 0.0819 e. The first-order valence-corrected chi connectivity index (χ1v) is 5.99. The lowest BCUT2D eigenvalue weighted by Crippen LogP contribution is -2.00. The van der Waals surface area contributed by atoms with Crippen LogP contribution < -0.4 is 0 Å². The molecule has 0 aromatic heterocycles. The van der Waals surface area contributed by atoms with E-state index in [0.717, 1.165) is 24.9 Å². The first-order valence-electron chi connectivity index (χ1n) is 5.99. The molecule has 0 bridgehead atoms. The highest BCUT2D eigenvalue weighted by molar-refractivity contribution is 5.85. The Kier molecular flexibility index (Phi) is 6.65. The lowest BCUT2D eigenvalue weighted by atomic mass is 10.4. The SMILES string of the molecule is C(COCC=NCC1CC1)=NCC1CC1.Cl. The van der Waals surface area contributed by atoms with Crippen LogP contribution >= 0.6 is 12.4 Å². The zero-order valence-electron chi connectivity index (χ0n) is 9.68. The number of ether oxygens (including phenoxy) is 1. The third kappa shape index (κ3) is 6.96. The van der Waals surface area contributed by atoms with Crippen LogP contribution in [0.2, 0.25) is 0 Å². The second-order valence-electron chi connectivity index (χ2n) is 4.52. The van der Waals surface area contributed by atoms with Gasteiger partial charge in [-0.25, -0.2) is 0 Å². The fourth-order valence-electron chi connectivity index (χ4n) is 1.33. The Bertz CT molecular complexity index is 211. The standard InChI is InChI=1S/C12H20N2O.ClH/c1-2-11(1)9-13-5-7-15-8-6-14-10-12-3-4-12;/h5-6,11-12H,1-4,7-10H2;1H. The topological polar surface area (TPSA) is 34.0 Å². The largest absolute Gasteiger partial charge is 0.370 e. The number of aliphatic imine (C=N–C) groups is 2. The van der Waals surface area contributed by atoms with Gasteiger partial charge in [0, 0.05) is 25.5 Å². The summed E-state index contributed by atoms with van der Waals surface area (Å²) in [5, 5.41) is 0. The molecule has 2 fully saturated rings. The van der Waals surface area contributed by atoms with E-state index in [9.17, 15) is 0 Å². The molecule has 2 saturated carbocycles. The lowest BCUT2D eigenvalue weighted by Gasteiger charge is -1.94. The predicted molar refractivity (Wildman–Crippen MR) is 70.2 cm³/mol. The zero-order valence-corrected chi connectivity index (χ0v) is 10.5. The van der Waals surface area contributed by atoms with Crippen molar-refractivity contribution in [1.29, 1.82) is 0 Å². The Morgan fingerprint density at radius 1 is 0.875 bits per heavy atom. The predicted octanol–water partition coefficient (Wildman–Crippen LogP) is 2.39. The minimum absolute atomic E-state index is 0. The first-order chi connectivity index (χ1) is 7.45. The summed E-state index contributed by atoms with van der Waals surface area (Å²) in [6.07, 6.45) is 9.23. The minimum Gasteiger partial charge on any atom is -0.370 e. The molecule has 0 aromatic rings. The van der Waals surface area contributed by atoms with E-state index < -0.39 is 0 Å². The summed E-state index contributed by atoms with van der Waals surface area (Å²) in [6.45, 7) is 3.25. The maximum absolute atomic E-state index is 5.34. The van der Waals surface area contributed by atoms with E-state index in [4.69, 9.17) is 4.74 Å². The van der Waals surface area contributed by atoms with Gasteiger partial charge in [-0.3, -0.25) is 9.98 Å². The van der Waals surface area contributed by atoms with Crippen LogP contribution in [0.5, 0.6) is 0 Å². The third-order valence-corrected chi connectivity index (χ3v) is 2.76. The van der Waals surface area contributed by atoms with E-state index >= 15 is 0 Å². The van der Waals surface area contributed by atoms with Crippen molar-refractivity contribution in [3.8, 4) is 0 Å². The molecule has 0 N–H and O–H groups in total. The highest BCUT2D eigenvalue weighted by atomic mass is 35.5. The molecule has 0 atom stereocenters. The molecule has 0 saturated heterocycles. The molecule has 4 heteroatoms. The molecule has 0 heterocycles. The molecular formula is C12H21ClN2O. The van der Waals surface area contributed by atoms with Crippen LogP contribution in [-0.2, 0) is 4.74 Å². The van der Waals surface area contributed by atoms with Gasteiger partial charge in [0.15, 0.2) is 0 Å². The maximum atomic E-state index is 5.34. The minimum atomic E-state index is 0. The van der Waals surface area contributed by atoms with E-state index in [1.54, 1.807) is 0 Å². The van der Waals surface area contributed by atoms with Gasteiger partial charge in [-0.1, -0.05) is 0 Å². The van der Waals surface area contributed by atoms with Gasteiger partial charge in [-0.05, 0) is 37.5 Å². The van der Waals surface area contributed by atoms with Crippen LogP contribution in [0.4, 0.5) is 0 Å². The van der Waals surface area contributed by atoms with Gasteiger partial charge in [0.25, 0.3) is 0 Å². The Morgan fingerprint density at radius 3 is 1.69 bits per heavy atom. The third-order valence-electron chi connectivity index (χ3n) is 2.76. The fraction of sp³-hybridized carbons (Fsp3) is 0.833. The summed E-state index contributed by atoms with van der Waals surface area (Å²) in [5.41, 5.74) is 0. The maximum Gasteiger partial charge on any atom is 0.0819 e.